The lowest BCUT2D eigenvalue weighted by atomic mass is 9.97. The van der Waals surface area contributed by atoms with Crippen LogP contribution in [0.15, 0.2) is 36.5 Å². The number of hydrogen-bond donors (Lipinski definition) is 1. The van der Waals surface area contributed by atoms with Crippen molar-refractivity contribution in [2.45, 2.75) is 12.8 Å². The number of halogens is 1. The molecule has 0 bridgehead atoms. The quantitative estimate of drug-likeness (QED) is 0.851. The Labute approximate surface area is 167 Å². The van der Waals surface area contributed by atoms with Crippen LogP contribution in [0.4, 0.5) is 5.69 Å². The number of carbonyl (C=O) groups is 2. The minimum Gasteiger partial charge on any atom is -0.493 e. The number of piperidine rings is 1. The second kappa shape index (κ2) is 8.06. The first kappa shape index (κ1) is 18.6. The average molecular weight is 402 g/mol. The first-order chi connectivity index (χ1) is 13.6. The molecule has 0 radical (unpaired) electrons. The van der Waals surface area contributed by atoms with E-state index in [0.717, 1.165) is 18.6 Å². The van der Waals surface area contributed by atoms with Crippen molar-refractivity contribution in [3.8, 4) is 11.6 Å². The zero-order valence-electron chi connectivity index (χ0n) is 15.2. The van der Waals surface area contributed by atoms with E-state index in [1.165, 1.54) is 6.20 Å². The van der Waals surface area contributed by atoms with E-state index >= 15 is 0 Å². The Balaban J connectivity index is 1.31. The molecule has 2 aliphatic rings. The molecular formula is C20H20ClN3O4. The Hall–Kier alpha value is -2.80. The van der Waals surface area contributed by atoms with Gasteiger partial charge in [0.1, 0.15) is 11.4 Å². The van der Waals surface area contributed by atoms with E-state index in [2.05, 4.69) is 10.3 Å². The lowest BCUT2D eigenvalue weighted by molar-refractivity contribution is -0.118. The fraction of sp³-hybridized carbons (Fsp3) is 0.350. The molecule has 1 fully saturated rings. The Bertz CT molecular complexity index is 897. The van der Waals surface area contributed by atoms with Crippen LogP contribution in [0.3, 0.4) is 0 Å². The van der Waals surface area contributed by atoms with Gasteiger partial charge in [-0.3, -0.25) is 9.59 Å². The monoisotopic (exact) mass is 401 g/mol. The van der Waals surface area contributed by atoms with E-state index in [-0.39, 0.29) is 18.4 Å². The number of ether oxygens (including phenoxy) is 2. The van der Waals surface area contributed by atoms with Crippen molar-refractivity contribution in [2.75, 3.05) is 31.6 Å². The Morgan fingerprint density at radius 1 is 1.32 bits per heavy atom. The highest BCUT2D eigenvalue weighted by Gasteiger charge is 2.26. The van der Waals surface area contributed by atoms with E-state index < -0.39 is 0 Å². The molecule has 0 saturated carbocycles. The van der Waals surface area contributed by atoms with Gasteiger partial charge in [0, 0.05) is 24.3 Å². The summed E-state index contributed by atoms with van der Waals surface area (Å²) < 4.78 is 11.1. The van der Waals surface area contributed by atoms with Crippen LogP contribution >= 0.6 is 11.6 Å². The number of benzene rings is 1. The summed E-state index contributed by atoms with van der Waals surface area (Å²) in [6.45, 7) is 1.86. The van der Waals surface area contributed by atoms with E-state index in [1.54, 1.807) is 12.1 Å². The second-order valence-electron chi connectivity index (χ2n) is 6.92. The van der Waals surface area contributed by atoms with Gasteiger partial charge in [-0.05, 0) is 43.0 Å². The molecule has 2 amide bonds. The number of fused-ring (bicyclic) bond motifs is 1. The molecule has 1 N–H and O–H groups in total. The van der Waals surface area contributed by atoms with E-state index in [0.29, 0.717) is 47.8 Å². The van der Waals surface area contributed by atoms with Crippen LogP contribution in [-0.2, 0) is 4.79 Å². The summed E-state index contributed by atoms with van der Waals surface area (Å²) in [5, 5.41) is 3.33. The lowest BCUT2D eigenvalue weighted by Gasteiger charge is -2.32. The van der Waals surface area contributed by atoms with Crippen LogP contribution in [-0.4, -0.2) is 48.0 Å². The molecule has 0 aliphatic carbocycles. The molecular weight excluding hydrogens is 382 g/mol. The lowest BCUT2D eigenvalue weighted by Crippen LogP contribution is -2.39. The maximum atomic E-state index is 12.8. The summed E-state index contributed by atoms with van der Waals surface area (Å²) in [5.41, 5.74) is 0.880. The van der Waals surface area contributed by atoms with Gasteiger partial charge < -0.3 is 19.7 Å². The van der Waals surface area contributed by atoms with Crippen LogP contribution in [0.2, 0.25) is 5.02 Å². The number of amides is 2. The van der Waals surface area contributed by atoms with Gasteiger partial charge in [-0.1, -0.05) is 17.7 Å². The first-order valence-electron chi connectivity index (χ1n) is 9.19. The Morgan fingerprint density at radius 3 is 2.93 bits per heavy atom. The molecule has 0 atom stereocenters. The molecule has 0 spiro atoms. The summed E-state index contributed by atoms with van der Waals surface area (Å²) in [6, 6.07) is 8.97. The normalized spacial score (nSPS) is 16.8. The number of nitrogens with one attached hydrogen (secondary N) is 1. The maximum Gasteiger partial charge on any atom is 0.262 e. The van der Waals surface area contributed by atoms with Crippen LogP contribution in [0.1, 0.15) is 23.2 Å². The van der Waals surface area contributed by atoms with Crippen molar-refractivity contribution in [1.29, 1.82) is 0 Å². The third kappa shape index (κ3) is 4.20. The van der Waals surface area contributed by atoms with Gasteiger partial charge in [-0.2, -0.15) is 0 Å². The molecule has 1 aromatic carbocycles. The molecule has 1 saturated heterocycles. The Morgan fingerprint density at radius 2 is 2.14 bits per heavy atom. The van der Waals surface area contributed by atoms with Crippen LogP contribution < -0.4 is 14.8 Å². The highest BCUT2D eigenvalue weighted by Crippen LogP contribution is 2.27. The molecule has 0 unspecified atom stereocenters. The highest BCUT2D eigenvalue weighted by molar-refractivity contribution is 6.30. The van der Waals surface area contributed by atoms with Crippen molar-refractivity contribution >= 4 is 29.1 Å². The summed E-state index contributed by atoms with van der Waals surface area (Å²) in [6.07, 6.45) is 3.22. The molecule has 2 aliphatic heterocycles. The number of pyridine rings is 1. The second-order valence-corrected chi connectivity index (χ2v) is 7.35. The molecule has 28 heavy (non-hydrogen) atoms. The minimum atomic E-state index is -0.251. The minimum absolute atomic E-state index is 0.0575. The third-order valence-corrected chi connectivity index (χ3v) is 5.13. The fourth-order valence-electron chi connectivity index (χ4n) is 3.35. The fourth-order valence-corrected chi connectivity index (χ4v) is 3.53. The molecule has 7 nitrogen and oxygen atoms in total. The topological polar surface area (TPSA) is 80.8 Å². The molecule has 2 aromatic rings. The van der Waals surface area contributed by atoms with Crippen LogP contribution in [0.25, 0.3) is 0 Å². The SMILES string of the molecule is O=C1COc2ncc(C(=O)N3CCC(COc4cccc(Cl)c4)CC3)cc2N1. The van der Waals surface area contributed by atoms with E-state index in [9.17, 15) is 9.59 Å². The highest BCUT2D eigenvalue weighted by atomic mass is 35.5. The van der Waals surface area contributed by atoms with Gasteiger partial charge >= 0.3 is 0 Å². The summed E-state index contributed by atoms with van der Waals surface area (Å²) in [5.74, 6) is 1.14. The zero-order valence-corrected chi connectivity index (χ0v) is 15.9. The van der Waals surface area contributed by atoms with Gasteiger partial charge in [-0.25, -0.2) is 4.98 Å². The summed E-state index contributed by atoms with van der Waals surface area (Å²) in [7, 11) is 0. The van der Waals surface area contributed by atoms with Crippen molar-refractivity contribution in [2.24, 2.45) is 5.92 Å². The molecule has 1 aromatic heterocycles. The summed E-state index contributed by atoms with van der Waals surface area (Å²) in [4.78, 5) is 30.2. The van der Waals surface area contributed by atoms with E-state index in [4.69, 9.17) is 21.1 Å². The average Bonchev–Trinajstić information content (AvgIpc) is 2.71. The Kier molecular flexibility index (Phi) is 5.34. The number of nitrogens with zero attached hydrogens (tertiary/aromatic N) is 2. The van der Waals surface area contributed by atoms with Gasteiger partial charge in [0.15, 0.2) is 6.61 Å². The summed E-state index contributed by atoms with van der Waals surface area (Å²) >= 11 is 5.97. The smallest absolute Gasteiger partial charge is 0.262 e. The van der Waals surface area contributed by atoms with Gasteiger partial charge in [0.05, 0.1) is 12.2 Å². The van der Waals surface area contributed by atoms with Crippen molar-refractivity contribution in [3.05, 3.63) is 47.1 Å². The number of anilines is 1. The van der Waals surface area contributed by atoms with E-state index in [1.807, 2.05) is 23.1 Å². The number of carbonyl (C=O) groups excluding carboxylic acids is 2. The van der Waals surface area contributed by atoms with Crippen LogP contribution in [0, 0.1) is 5.92 Å². The largest absolute Gasteiger partial charge is 0.493 e. The predicted octanol–water partition coefficient (Wildman–Crippen LogP) is 3.00. The number of rotatable bonds is 4. The first-order valence-corrected chi connectivity index (χ1v) is 9.56. The van der Waals surface area contributed by atoms with Crippen molar-refractivity contribution < 1.29 is 19.1 Å². The molecule has 4 rings (SSSR count). The predicted molar refractivity (Wildman–Crippen MR) is 104 cm³/mol. The van der Waals surface area contributed by atoms with Gasteiger partial charge in [0.2, 0.25) is 5.88 Å². The van der Waals surface area contributed by atoms with Crippen molar-refractivity contribution in [3.63, 3.8) is 0 Å². The molecule has 3 heterocycles. The van der Waals surface area contributed by atoms with Gasteiger partial charge in [0.25, 0.3) is 11.8 Å². The number of hydrogen-bond acceptors (Lipinski definition) is 5. The molecule has 8 heteroatoms. The molecule has 146 valence electrons. The number of aromatic nitrogens is 1. The van der Waals surface area contributed by atoms with Gasteiger partial charge in [-0.15, -0.1) is 0 Å². The van der Waals surface area contributed by atoms with Crippen LogP contribution in [0.5, 0.6) is 11.6 Å². The standard InChI is InChI=1S/C20H20ClN3O4/c21-15-2-1-3-16(9-15)27-11-13-4-6-24(7-5-13)20(26)14-8-17-19(22-10-14)28-12-18(25)23-17/h1-3,8-10,13H,4-7,11-12H2,(H,23,25). The third-order valence-electron chi connectivity index (χ3n) is 4.90. The number of likely N-dealkylation sites (tertiary alicyclic amines) is 1. The van der Waals surface area contributed by atoms with Crippen molar-refractivity contribution in [1.82, 2.24) is 9.88 Å². The zero-order chi connectivity index (χ0) is 19.5. The maximum absolute atomic E-state index is 12.8.